The number of nitrogens with one attached hydrogen (secondary N) is 1. The van der Waals surface area contributed by atoms with E-state index in [0.29, 0.717) is 25.3 Å². The zero-order valence-electron chi connectivity index (χ0n) is 20.3. The molecule has 1 amide bonds. The maximum atomic E-state index is 13.0. The summed E-state index contributed by atoms with van der Waals surface area (Å²) in [5.41, 5.74) is -0.938. The maximum Gasteiger partial charge on any atom is 0.416 e. The van der Waals surface area contributed by atoms with Gasteiger partial charge in [-0.05, 0) is 86.3 Å². The molecule has 1 aromatic carbocycles. The minimum Gasteiger partial charge on any atom is -0.383 e. The smallest absolute Gasteiger partial charge is 0.383 e. The van der Waals surface area contributed by atoms with Crippen molar-refractivity contribution in [1.29, 1.82) is 0 Å². The van der Waals surface area contributed by atoms with E-state index in [1.165, 1.54) is 36.1 Å². The van der Waals surface area contributed by atoms with Crippen molar-refractivity contribution in [2.24, 2.45) is 23.2 Å². The molecular weight excluding hydrogens is 493 g/mol. The molecule has 4 fully saturated rings. The molecule has 1 saturated heterocycles. The number of carbonyl (C=O) groups excluding carboxylic acids is 1. The third-order valence-corrected chi connectivity index (χ3v) is 11.0. The first-order valence-corrected chi connectivity index (χ1v) is 14.6. The molecule has 200 valence electrons. The Morgan fingerprint density at radius 2 is 1.83 bits per heavy atom. The van der Waals surface area contributed by atoms with Crippen LogP contribution < -0.4 is 5.32 Å². The van der Waals surface area contributed by atoms with Crippen LogP contribution in [0.25, 0.3) is 0 Å². The lowest BCUT2D eigenvalue weighted by molar-refractivity contribution is -0.137. The maximum absolute atomic E-state index is 13.0. The number of sulfonamides is 1. The van der Waals surface area contributed by atoms with Gasteiger partial charge in [0.15, 0.2) is 0 Å². The predicted octanol–water partition coefficient (Wildman–Crippen LogP) is 4.33. The lowest BCUT2D eigenvalue weighted by atomic mass is 9.67. The van der Waals surface area contributed by atoms with E-state index in [4.69, 9.17) is 0 Å². The van der Waals surface area contributed by atoms with Crippen LogP contribution in [0.1, 0.15) is 69.8 Å². The molecule has 5 rings (SSSR count). The van der Waals surface area contributed by atoms with Crippen molar-refractivity contribution in [3.05, 3.63) is 29.8 Å². The summed E-state index contributed by atoms with van der Waals surface area (Å²) in [6.07, 6.45) is 3.95. The van der Waals surface area contributed by atoms with Crippen LogP contribution in [0.4, 0.5) is 13.2 Å². The fourth-order valence-corrected chi connectivity index (χ4v) is 9.11. The van der Waals surface area contributed by atoms with Gasteiger partial charge in [-0.15, -0.1) is 0 Å². The second-order valence-electron chi connectivity index (χ2n) is 11.6. The highest BCUT2D eigenvalue weighted by Crippen LogP contribution is 2.61. The normalized spacial score (nSPS) is 32.3. The molecule has 6 nitrogen and oxygen atoms in total. The molecule has 3 bridgehead atoms. The number of alkyl halides is 3. The topological polar surface area (TPSA) is 86.7 Å². The van der Waals surface area contributed by atoms with Crippen LogP contribution in [0.3, 0.4) is 0 Å². The van der Waals surface area contributed by atoms with E-state index in [-0.39, 0.29) is 29.4 Å². The Bertz CT molecular complexity index is 1080. The molecular formula is C26H35F3N2O4S. The predicted molar refractivity (Wildman–Crippen MR) is 127 cm³/mol. The van der Waals surface area contributed by atoms with Crippen LogP contribution in [0.5, 0.6) is 0 Å². The lowest BCUT2D eigenvalue weighted by Crippen LogP contribution is -2.49. The first-order valence-electron chi connectivity index (χ1n) is 13.1. The number of aliphatic hydroxyl groups excluding tert-OH is 1. The average Bonchev–Trinajstić information content (AvgIpc) is 2.98. The minimum atomic E-state index is -4.63. The second kappa shape index (κ2) is 9.58. The van der Waals surface area contributed by atoms with Crippen LogP contribution in [-0.2, 0) is 21.0 Å². The number of aliphatic hydroxyl groups is 1. The molecule has 0 radical (unpaired) electrons. The van der Waals surface area contributed by atoms with E-state index in [1.807, 2.05) is 0 Å². The average molecular weight is 529 g/mol. The zero-order chi connectivity index (χ0) is 25.7. The highest BCUT2D eigenvalue weighted by atomic mass is 32.2. The standard InChI is InChI=1S/C26H35F3N2O4S/c27-26(28,29)20-5-2-6-22(12-20)36(34,35)31-9-7-21(8-10-31)30-24(33)23(32)16-25-13-17-3-1-4-18(14-25)19(11-17)15-25/h2,5-6,12,17-19,21,23,32H,1,3-4,7-11,13-16H2,(H,30,33). The number of hydrogen-bond donors (Lipinski definition) is 2. The van der Waals surface area contributed by atoms with Gasteiger partial charge < -0.3 is 10.4 Å². The van der Waals surface area contributed by atoms with Crippen LogP contribution >= 0.6 is 0 Å². The van der Waals surface area contributed by atoms with E-state index >= 15 is 0 Å². The van der Waals surface area contributed by atoms with Gasteiger partial charge in [0.25, 0.3) is 0 Å². The molecule has 1 aromatic rings. The fourth-order valence-electron chi connectivity index (χ4n) is 7.59. The summed E-state index contributed by atoms with van der Waals surface area (Å²) in [6.45, 7) is 0.184. The Kier molecular flexibility index (Phi) is 6.91. The molecule has 4 aliphatic rings. The molecule has 1 aliphatic heterocycles. The van der Waals surface area contributed by atoms with Crippen LogP contribution in [0.15, 0.2) is 29.2 Å². The van der Waals surface area contributed by atoms with Gasteiger partial charge in [-0.3, -0.25) is 4.79 Å². The van der Waals surface area contributed by atoms with E-state index in [2.05, 4.69) is 5.32 Å². The Labute approximate surface area is 210 Å². The number of amides is 1. The minimum absolute atomic E-state index is 0.0673. The van der Waals surface area contributed by atoms with Crippen LogP contribution in [0.2, 0.25) is 0 Å². The summed E-state index contributed by atoms with van der Waals surface area (Å²) >= 11 is 0. The van der Waals surface area contributed by atoms with Gasteiger partial charge in [-0.2, -0.15) is 17.5 Å². The summed E-state index contributed by atoms with van der Waals surface area (Å²) in [5.74, 6) is 1.79. The van der Waals surface area contributed by atoms with Crippen LogP contribution in [-0.4, -0.2) is 49.0 Å². The lowest BCUT2D eigenvalue weighted by Gasteiger charge is -2.39. The summed E-state index contributed by atoms with van der Waals surface area (Å²) < 4.78 is 66.1. The largest absolute Gasteiger partial charge is 0.416 e. The second-order valence-corrected chi connectivity index (χ2v) is 13.5. The molecule has 3 saturated carbocycles. The Hall–Kier alpha value is -1.65. The number of hydrogen-bond acceptors (Lipinski definition) is 4. The number of rotatable bonds is 6. The van der Waals surface area contributed by atoms with E-state index in [9.17, 15) is 31.5 Å². The number of carbonyl (C=O) groups is 1. The van der Waals surface area contributed by atoms with Gasteiger partial charge in [0.05, 0.1) is 10.5 Å². The van der Waals surface area contributed by atoms with Crippen molar-refractivity contribution in [3.8, 4) is 0 Å². The van der Waals surface area contributed by atoms with Crippen molar-refractivity contribution in [3.63, 3.8) is 0 Å². The van der Waals surface area contributed by atoms with E-state index in [0.717, 1.165) is 49.1 Å². The Morgan fingerprint density at radius 1 is 1.11 bits per heavy atom. The molecule has 5 unspecified atom stereocenters. The van der Waals surface area contributed by atoms with Crippen molar-refractivity contribution in [2.45, 2.75) is 87.4 Å². The molecule has 5 atom stereocenters. The number of nitrogens with zero attached hydrogens (tertiary/aromatic N) is 1. The molecule has 1 heterocycles. The van der Waals surface area contributed by atoms with Gasteiger partial charge in [0.2, 0.25) is 15.9 Å². The fraction of sp³-hybridized carbons (Fsp3) is 0.731. The third-order valence-electron chi connectivity index (χ3n) is 9.13. The van der Waals surface area contributed by atoms with E-state index < -0.39 is 33.8 Å². The van der Waals surface area contributed by atoms with Crippen molar-refractivity contribution in [2.75, 3.05) is 13.1 Å². The van der Waals surface area contributed by atoms with Gasteiger partial charge in [0, 0.05) is 19.1 Å². The summed E-state index contributed by atoms with van der Waals surface area (Å²) in [5, 5.41) is 13.7. The quantitative estimate of drug-likeness (QED) is 0.576. The highest BCUT2D eigenvalue weighted by Gasteiger charge is 2.52. The number of benzene rings is 1. The van der Waals surface area contributed by atoms with Crippen LogP contribution in [0, 0.1) is 23.2 Å². The summed E-state index contributed by atoms with van der Waals surface area (Å²) in [4.78, 5) is 12.4. The van der Waals surface area contributed by atoms with Crippen molar-refractivity contribution in [1.82, 2.24) is 9.62 Å². The monoisotopic (exact) mass is 528 g/mol. The first-order chi connectivity index (χ1) is 17.0. The molecule has 36 heavy (non-hydrogen) atoms. The Balaban J connectivity index is 1.15. The first kappa shape index (κ1) is 26.0. The number of piperidine rings is 1. The third kappa shape index (κ3) is 5.18. The number of halogens is 3. The molecule has 0 aromatic heterocycles. The van der Waals surface area contributed by atoms with Crippen molar-refractivity contribution >= 4 is 15.9 Å². The highest BCUT2D eigenvalue weighted by molar-refractivity contribution is 7.89. The van der Waals surface area contributed by atoms with Gasteiger partial charge >= 0.3 is 6.18 Å². The summed E-state index contributed by atoms with van der Waals surface area (Å²) in [7, 11) is -4.08. The number of fused-ring (bicyclic) bond motifs is 2. The molecule has 10 heteroatoms. The molecule has 0 spiro atoms. The molecule has 3 aliphatic carbocycles. The van der Waals surface area contributed by atoms with E-state index in [1.54, 1.807) is 0 Å². The van der Waals surface area contributed by atoms with Crippen molar-refractivity contribution < 1.29 is 31.5 Å². The van der Waals surface area contributed by atoms with Gasteiger partial charge in [0.1, 0.15) is 6.10 Å². The zero-order valence-corrected chi connectivity index (χ0v) is 21.2. The van der Waals surface area contributed by atoms with Gasteiger partial charge in [-0.1, -0.05) is 25.3 Å². The molecule has 2 N–H and O–H groups in total. The summed E-state index contributed by atoms with van der Waals surface area (Å²) in [6, 6.07) is 3.49. The van der Waals surface area contributed by atoms with Gasteiger partial charge in [-0.25, -0.2) is 8.42 Å². The Morgan fingerprint density at radius 3 is 2.56 bits per heavy atom. The SMILES string of the molecule is O=C(NC1CCN(S(=O)(=O)c2cccc(C(F)(F)F)c2)CC1)C(O)CC12CC3CCCC(C1)C(C3)C2.